The van der Waals surface area contributed by atoms with E-state index in [9.17, 15) is 0 Å². The van der Waals surface area contributed by atoms with E-state index in [0.29, 0.717) is 6.04 Å². The fourth-order valence-electron chi connectivity index (χ4n) is 4.28. The van der Waals surface area contributed by atoms with Crippen LogP contribution in [0.3, 0.4) is 0 Å². The highest BCUT2D eigenvalue weighted by Gasteiger charge is 2.26. The van der Waals surface area contributed by atoms with Gasteiger partial charge in [0.25, 0.3) is 0 Å². The summed E-state index contributed by atoms with van der Waals surface area (Å²) in [4.78, 5) is 2.61. The number of nitrogens with zero attached hydrogens (tertiary/aromatic N) is 1. The molecule has 28 heavy (non-hydrogen) atoms. The topological polar surface area (TPSA) is 3.24 Å². The normalized spacial score (nSPS) is 16.5. The number of hydrogen-bond acceptors (Lipinski definition) is 1. The van der Waals surface area contributed by atoms with Crippen molar-refractivity contribution in [2.45, 2.75) is 110 Å². The number of fused-ring (bicyclic) bond motifs is 1. The molecule has 1 aliphatic rings. The average molecular weight is 382 g/mol. The molecule has 1 aliphatic heterocycles. The van der Waals surface area contributed by atoms with Crippen molar-refractivity contribution >= 4 is 11.8 Å². The highest BCUT2D eigenvalue weighted by molar-refractivity contribution is 5.75. The van der Waals surface area contributed by atoms with Crippen LogP contribution in [0.25, 0.3) is 6.08 Å². The molecule has 0 saturated heterocycles. The van der Waals surface area contributed by atoms with E-state index in [1.807, 2.05) is 0 Å². The second-order valence-electron chi connectivity index (χ2n) is 8.39. The zero-order valence-electron chi connectivity index (χ0n) is 18.8. The van der Waals surface area contributed by atoms with E-state index in [-0.39, 0.29) is 0 Å². The van der Waals surface area contributed by atoms with Crippen LogP contribution in [0.15, 0.2) is 42.1 Å². The summed E-state index contributed by atoms with van der Waals surface area (Å²) in [5, 5.41) is 0. The zero-order valence-corrected chi connectivity index (χ0v) is 18.8. The Morgan fingerprint density at radius 3 is 2.32 bits per heavy atom. The molecule has 2 rings (SSSR count). The van der Waals surface area contributed by atoms with Crippen molar-refractivity contribution in [3.8, 4) is 0 Å². The molecule has 1 nitrogen and oxygen atoms in total. The van der Waals surface area contributed by atoms with Crippen LogP contribution in [0.5, 0.6) is 0 Å². The van der Waals surface area contributed by atoms with Gasteiger partial charge in [0.05, 0.1) is 6.04 Å². The molecule has 0 spiro atoms. The maximum atomic E-state index is 2.61. The first-order valence-electron chi connectivity index (χ1n) is 12.1. The average Bonchev–Trinajstić information content (AvgIpc) is 2.72. The Labute approximate surface area is 174 Å². The van der Waals surface area contributed by atoms with E-state index < -0.39 is 0 Å². The molecule has 0 amide bonds. The molecule has 1 unspecified atom stereocenters. The molecule has 0 saturated carbocycles. The number of anilines is 1. The van der Waals surface area contributed by atoms with Crippen LogP contribution >= 0.6 is 0 Å². The molecular formula is C27H43N. The summed E-state index contributed by atoms with van der Waals surface area (Å²) in [6, 6.07) is 9.53. The standard InChI is InChI=1S/C27H43N/c1-4-7-10-12-17-22-28-26(20-14-11-8-5-2)24(18-13-9-6-3)23-25-19-15-16-21-27(25)28/h15-17,19,21-23,26H,4-14,18,20H2,1-3H3/b22-17+. The second-order valence-corrected chi connectivity index (χ2v) is 8.39. The molecule has 1 atom stereocenters. The fourth-order valence-corrected chi connectivity index (χ4v) is 4.28. The van der Waals surface area contributed by atoms with Crippen LogP contribution in [0.4, 0.5) is 5.69 Å². The Bertz CT molecular complexity index is 598. The van der Waals surface area contributed by atoms with Crippen LogP contribution in [-0.4, -0.2) is 6.04 Å². The Morgan fingerprint density at radius 2 is 1.54 bits per heavy atom. The van der Waals surface area contributed by atoms with E-state index in [1.165, 1.54) is 94.7 Å². The number of allylic oxidation sites excluding steroid dienone is 1. The highest BCUT2D eigenvalue weighted by Crippen LogP contribution is 2.37. The number of hydrogen-bond donors (Lipinski definition) is 0. The van der Waals surface area contributed by atoms with Crippen molar-refractivity contribution in [1.82, 2.24) is 0 Å². The van der Waals surface area contributed by atoms with Crippen molar-refractivity contribution in [2.75, 3.05) is 4.90 Å². The SMILES string of the molecule is CCCCC/C=C/N1c2ccccc2C=C(CCCCC)C1CCCCCC. The third-order valence-electron chi connectivity index (χ3n) is 5.96. The number of unbranched alkanes of at least 4 members (excludes halogenated alkanes) is 8. The van der Waals surface area contributed by atoms with Crippen LogP contribution in [0, 0.1) is 0 Å². The minimum atomic E-state index is 0.547. The summed E-state index contributed by atoms with van der Waals surface area (Å²) >= 11 is 0. The molecule has 1 heteroatoms. The third kappa shape index (κ3) is 7.15. The van der Waals surface area contributed by atoms with Crippen molar-refractivity contribution in [3.63, 3.8) is 0 Å². The number of para-hydroxylation sites is 1. The molecule has 1 heterocycles. The van der Waals surface area contributed by atoms with Crippen molar-refractivity contribution in [3.05, 3.63) is 47.7 Å². The predicted octanol–water partition coefficient (Wildman–Crippen LogP) is 8.90. The highest BCUT2D eigenvalue weighted by atomic mass is 15.2. The van der Waals surface area contributed by atoms with Gasteiger partial charge in [0.1, 0.15) is 0 Å². The summed E-state index contributed by atoms with van der Waals surface area (Å²) in [5.41, 5.74) is 4.45. The van der Waals surface area contributed by atoms with Crippen molar-refractivity contribution in [2.24, 2.45) is 0 Å². The first kappa shape index (κ1) is 22.8. The Balaban J connectivity index is 2.20. The Morgan fingerprint density at radius 1 is 0.821 bits per heavy atom. The number of benzene rings is 1. The van der Waals surface area contributed by atoms with Crippen LogP contribution < -0.4 is 4.90 Å². The molecule has 0 bridgehead atoms. The summed E-state index contributed by atoms with van der Waals surface area (Å²) in [7, 11) is 0. The van der Waals surface area contributed by atoms with Crippen molar-refractivity contribution in [1.29, 1.82) is 0 Å². The van der Waals surface area contributed by atoms with E-state index in [2.05, 4.69) is 68.3 Å². The van der Waals surface area contributed by atoms with Crippen LogP contribution in [-0.2, 0) is 0 Å². The molecule has 0 fully saturated rings. The lowest BCUT2D eigenvalue weighted by Crippen LogP contribution is -2.35. The monoisotopic (exact) mass is 381 g/mol. The van der Waals surface area contributed by atoms with Gasteiger partial charge in [-0.25, -0.2) is 0 Å². The van der Waals surface area contributed by atoms with Gasteiger partial charge in [-0.1, -0.05) is 102 Å². The van der Waals surface area contributed by atoms with E-state index in [4.69, 9.17) is 0 Å². The van der Waals surface area contributed by atoms with Gasteiger partial charge in [0, 0.05) is 11.9 Å². The molecule has 1 aromatic rings. The number of rotatable bonds is 14. The smallest absolute Gasteiger partial charge is 0.0549 e. The summed E-state index contributed by atoms with van der Waals surface area (Å²) in [5.74, 6) is 0. The zero-order chi connectivity index (χ0) is 20.0. The molecule has 0 aromatic heterocycles. The lowest BCUT2D eigenvalue weighted by molar-refractivity contribution is 0.557. The van der Waals surface area contributed by atoms with Gasteiger partial charge in [0.15, 0.2) is 0 Å². The molecule has 0 aliphatic carbocycles. The van der Waals surface area contributed by atoms with Gasteiger partial charge in [0.2, 0.25) is 0 Å². The van der Waals surface area contributed by atoms with Gasteiger partial charge in [-0.2, -0.15) is 0 Å². The van der Waals surface area contributed by atoms with Gasteiger partial charge in [-0.15, -0.1) is 0 Å². The molecular weight excluding hydrogens is 338 g/mol. The molecule has 1 aromatic carbocycles. The maximum absolute atomic E-state index is 2.61. The fraction of sp³-hybridized carbons (Fsp3) is 0.630. The lowest BCUT2D eigenvalue weighted by atomic mass is 9.88. The summed E-state index contributed by atoms with van der Waals surface area (Å²) in [6.07, 6.45) is 24.4. The van der Waals surface area contributed by atoms with Crippen LogP contribution in [0.2, 0.25) is 0 Å². The maximum Gasteiger partial charge on any atom is 0.0549 e. The first-order chi connectivity index (χ1) is 13.8. The molecule has 0 radical (unpaired) electrons. The second kappa shape index (κ2) is 13.6. The van der Waals surface area contributed by atoms with E-state index in [1.54, 1.807) is 5.57 Å². The Kier molecular flexibility index (Phi) is 11.1. The lowest BCUT2D eigenvalue weighted by Gasteiger charge is -2.38. The Hall–Kier alpha value is -1.50. The van der Waals surface area contributed by atoms with Gasteiger partial charge in [-0.05, 0) is 49.3 Å². The van der Waals surface area contributed by atoms with E-state index in [0.717, 1.165) is 0 Å². The molecule has 156 valence electrons. The third-order valence-corrected chi connectivity index (χ3v) is 5.96. The first-order valence-corrected chi connectivity index (χ1v) is 12.1. The van der Waals surface area contributed by atoms with Crippen LogP contribution in [0.1, 0.15) is 110 Å². The quantitative estimate of drug-likeness (QED) is 0.291. The summed E-state index contributed by atoms with van der Waals surface area (Å²) < 4.78 is 0. The molecule has 0 N–H and O–H groups in total. The van der Waals surface area contributed by atoms with E-state index >= 15 is 0 Å². The van der Waals surface area contributed by atoms with Gasteiger partial charge >= 0.3 is 0 Å². The van der Waals surface area contributed by atoms with Crippen molar-refractivity contribution < 1.29 is 0 Å². The largest absolute Gasteiger partial charge is 0.341 e. The van der Waals surface area contributed by atoms with Gasteiger partial charge in [-0.3, -0.25) is 0 Å². The minimum absolute atomic E-state index is 0.547. The predicted molar refractivity (Wildman–Crippen MR) is 127 cm³/mol. The summed E-state index contributed by atoms with van der Waals surface area (Å²) in [6.45, 7) is 6.89. The van der Waals surface area contributed by atoms with Gasteiger partial charge < -0.3 is 4.90 Å². The minimum Gasteiger partial charge on any atom is -0.341 e.